The fraction of sp³-hybridized carbons (Fsp3) is 0. The third-order valence-electron chi connectivity index (χ3n) is 3.87. The molecule has 0 amide bonds. The van der Waals surface area contributed by atoms with Gasteiger partial charge in [-0.05, 0) is 18.2 Å². The van der Waals surface area contributed by atoms with E-state index in [0.29, 0.717) is 17.0 Å². The molecule has 0 aliphatic heterocycles. The van der Waals surface area contributed by atoms with E-state index < -0.39 is 5.97 Å². The van der Waals surface area contributed by atoms with E-state index in [1.807, 2.05) is 30.3 Å². The van der Waals surface area contributed by atoms with Crippen molar-refractivity contribution in [2.75, 3.05) is 0 Å². The van der Waals surface area contributed by atoms with E-state index in [-0.39, 0.29) is 5.56 Å². The highest BCUT2D eigenvalue weighted by Gasteiger charge is 2.13. The number of benzene rings is 2. The van der Waals surface area contributed by atoms with Gasteiger partial charge in [-0.15, -0.1) is 0 Å². The molecule has 116 valence electrons. The summed E-state index contributed by atoms with van der Waals surface area (Å²) in [6.45, 7) is 0. The van der Waals surface area contributed by atoms with Crippen molar-refractivity contribution in [3.05, 3.63) is 72.6 Å². The average molecular weight is 315 g/mol. The molecule has 0 fully saturated rings. The first-order valence-electron chi connectivity index (χ1n) is 7.45. The Balaban J connectivity index is 1.84. The number of nitrogens with zero attached hydrogens (tertiary/aromatic N) is 2. The summed E-state index contributed by atoms with van der Waals surface area (Å²) in [7, 11) is 0. The predicted molar refractivity (Wildman–Crippen MR) is 91.7 cm³/mol. The van der Waals surface area contributed by atoms with Gasteiger partial charge < -0.3 is 10.1 Å². The van der Waals surface area contributed by atoms with Gasteiger partial charge in [0.25, 0.3) is 0 Å². The minimum Gasteiger partial charge on any atom is -0.478 e. The van der Waals surface area contributed by atoms with Gasteiger partial charge >= 0.3 is 5.97 Å². The number of aromatic amines is 1. The van der Waals surface area contributed by atoms with Crippen LogP contribution in [0.15, 0.2) is 67.0 Å². The molecular weight excluding hydrogens is 302 g/mol. The second-order valence-corrected chi connectivity index (χ2v) is 5.41. The molecule has 0 atom stereocenters. The lowest BCUT2D eigenvalue weighted by Gasteiger charge is -2.06. The monoisotopic (exact) mass is 315 g/mol. The van der Waals surface area contributed by atoms with E-state index in [1.54, 1.807) is 36.7 Å². The number of hydrogen-bond acceptors (Lipinski definition) is 3. The van der Waals surface area contributed by atoms with Crippen LogP contribution in [-0.2, 0) is 0 Å². The smallest absolute Gasteiger partial charge is 0.336 e. The molecule has 2 heterocycles. The third kappa shape index (κ3) is 2.42. The fourth-order valence-electron chi connectivity index (χ4n) is 2.73. The number of hydrogen-bond donors (Lipinski definition) is 2. The van der Waals surface area contributed by atoms with Gasteiger partial charge in [-0.2, -0.15) is 0 Å². The Hall–Kier alpha value is -3.47. The third-order valence-corrected chi connectivity index (χ3v) is 3.87. The number of para-hydroxylation sites is 1. The van der Waals surface area contributed by atoms with Crippen LogP contribution in [0, 0.1) is 0 Å². The average Bonchev–Trinajstić information content (AvgIpc) is 3.06. The SMILES string of the molecule is O=C(O)c1ccccc1-c1cncc(-c2cc3ccccc3[nH]2)n1. The molecule has 2 N–H and O–H groups in total. The Bertz CT molecular complexity index is 1020. The lowest BCUT2D eigenvalue weighted by atomic mass is 10.0. The molecule has 0 bridgehead atoms. The molecule has 2 aromatic heterocycles. The Morgan fingerprint density at radius 1 is 0.958 bits per heavy atom. The number of carboxylic acid groups (broad SMARTS) is 1. The van der Waals surface area contributed by atoms with Crippen LogP contribution < -0.4 is 0 Å². The molecule has 4 aromatic rings. The highest BCUT2D eigenvalue weighted by Crippen LogP contribution is 2.26. The van der Waals surface area contributed by atoms with Crippen molar-refractivity contribution in [2.24, 2.45) is 0 Å². The Morgan fingerprint density at radius 3 is 2.54 bits per heavy atom. The summed E-state index contributed by atoms with van der Waals surface area (Å²) >= 11 is 0. The van der Waals surface area contributed by atoms with E-state index in [4.69, 9.17) is 0 Å². The normalized spacial score (nSPS) is 10.8. The largest absolute Gasteiger partial charge is 0.478 e. The summed E-state index contributed by atoms with van der Waals surface area (Å²) in [5.41, 5.74) is 3.83. The molecule has 0 aliphatic carbocycles. The first-order chi connectivity index (χ1) is 11.7. The van der Waals surface area contributed by atoms with Crippen molar-refractivity contribution in [3.63, 3.8) is 0 Å². The van der Waals surface area contributed by atoms with Crippen molar-refractivity contribution >= 4 is 16.9 Å². The minimum absolute atomic E-state index is 0.209. The maximum absolute atomic E-state index is 11.4. The number of aromatic nitrogens is 3. The molecule has 5 nitrogen and oxygen atoms in total. The van der Waals surface area contributed by atoms with E-state index in [9.17, 15) is 9.90 Å². The summed E-state index contributed by atoms with van der Waals surface area (Å²) in [6.07, 6.45) is 3.24. The summed E-state index contributed by atoms with van der Waals surface area (Å²) in [4.78, 5) is 23.5. The second kappa shape index (κ2) is 5.62. The minimum atomic E-state index is -0.983. The highest BCUT2D eigenvalue weighted by atomic mass is 16.4. The standard InChI is InChI=1S/C19H13N3O2/c23-19(24)14-7-3-2-6-13(14)17-10-20-11-18(22-17)16-9-12-5-1-4-8-15(12)21-16/h1-11,21H,(H,23,24). The number of aromatic carboxylic acids is 1. The van der Waals surface area contributed by atoms with Gasteiger partial charge in [-0.3, -0.25) is 4.98 Å². The van der Waals surface area contributed by atoms with Crippen molar-refractivity contribution < 1.29 is 9.90 Å². The van der Waals surface area contributed by atoms with Gasteiger partial charge in [-0.1, -0.05) is 36.4 Å². The van der Waals surface area contributed by atoms with Crippen LogP contribution >= 0.6 is 0 Å². The number of nitrogens with one attached hydrogen (secondary N) is 1. The fourth-order valence-corrected chi connectivity index (χ4v) is 2.73. The van der Waals surface area contributed by atoms with Gasteiger partial charge in [0.2, 0.25) is 0 Å². The molecule has 0 saturated carbocycles. The maximum atomic E-state index is 11.4. The number of H-pyrrole nitrogens is 1. The summed E-state index contributed by atoms with van der Waals surface area (Å²) in [6, 6.07) is 16.8. The molecule has 4 rings (SSSR count). The second-order valence-electron chi connectivity index (χ2n) is 5.41. The quantitative estimate of drug-likeness (QED) is 0.599. The number of carbonyl (C=O) groups is 1. The Kier molecular flexibility index (Phi) is 3.31. The van der Waals surface area contributed by atoms with Crippen LogP contribution in [0.1, 0.15) is 10.4 Å². The van der Waals surface area contributed by atoms with Gasteiger partial charge in [0.15, 0.2) is 0 Å². The van der Waals surface area contributed by atoms with Crippen molar-refractivity contribution in [3.8, 4) is 22.6 Å². The van der Waals surface area contributed by atoms with E-state index >= 15 is 0 Å². The number of carboxylic acids is 1. The van der Waals surface area contributed by atoms with Crippen LogP contribution in [0.4, 0.5) is 0 Å². The first kappa shape index (κ1) is 14.1. The molecule has 0 saturated heterocycles. The van der Waals surface area contributed by atoms with E-state index in [2.05, 4.69) is 15.0 Å². The van der Waals surface area contributed by atoms with Crippen LogP contribution in [0.5, 0.6) is 0 Å². The molecule has 24 heavy (non-hydrogen) atoms. The van der Waals surface area contributed by atoms with Gasteiger partial charge in [0.05, 0.1) is 29.3 Å². The van der Waals surface area contributed by atoms with Crippen LogP contribution in [0.2, 0.25) is 0 Å². The maximum Gasteiger partial charge on any atom is 0.336 e. The van der Waals surface area contributed by atoms with Crippen LogP contribution in [0.3, 0.4) is 0 Å². The molecule has 2 aromatic carbocycles. The first-order valence-corrected chi connectivity index (χ1v) is 7.45. The molecule has 0 spiro atoms. The lowest BCUT2D eigenvalue weighted by molar-refractivity contribution is 0.0697. The van der Waals surface area contributed by atoms with Crippen LogP contribution in [-0.4, -0.2) is 26.0 Å². The molecule has 0 unspecified atom stereocenters. The van der Waals surface area contributed by atoms with Gasteiger partial charge in [0.1, 0.15) is 5.69 Å². The van der Waals surface area contributed by atoms with Crippen molar-refractivity contribution in [1.82, 2.24) is 15.0 Å². The molecular formula is C19H13N3O2. The summed E-state index contributed by atoms with van der Waals surface area (Å²) in [5.74, 6) is -0.983. The Labute approximate surface area is 137 Å². The lowest BCUT2D eigenvalue weighted by Crippen LogP contribution is -2.00. The highest BCUT2D eigenvalue weighted by molar-refractivity contribution is 5.95. The molecule has 0 radical (unpaired) electrons. The Morgan fingerprint density at radius 2 is 1.71 bits per heavy atom. The van der Waals surface area contributed by atoms with Crippen molar-refractivity contribution in [2.45, 2.75) is 0 Å². The predicted octanol–water partition coefficient (Wildman–Crippen LogP) is 3.99. The zero-order valence-corrected chi connectivity index (χ0v) is 12.6. The zero-order valence-electron chi connectivity index (χ0n) is 12.6. The number of rotatable bonds is 3. The topological polar surface area (TPSA) is 78.9 Å². The molecule has 5 heteroatoms. The summed E-state index contributed by atoms with van der Waals surface area (Å²) in [5, 5.41) is 10.4. The molecule has 0 aliphatic rings. The number of fused-ring (bicyclic) bond motifs is 1. The van der Waals surface area contributed by atoms with Gasteiger partial charge in [-0.25, -0.2) is 9.78 Å². The van der Waals surface area contributed by atoms with Crippen LogP contribution in [0.25, 0.3) is 33.5 Å². The summed E-state index contributed by atoms with van der Waals surface area (Å²) < 4.78 is 0. The van der Waals surface area contributed by atoms with Crippen molar-refractivity contribution in [1.29, 1.82) is 0 Å². The zero-order chi connectivity index (χ0) is 16.5. The van der Waals surface area contributed by atoms with E-state index in [0.717, 1.165) is 16.6 Å². The van der Waals surface area contributed by atoms with E-state index in [1.165, 1.54) is 0 Å². The van der Waals surface area contributed by atoms with Gasteiger partial charge in [0, 0.05) is 16.5 Å².